The van der Waals surface area contributed by atoms with Crippen LogP contribution in [0.1, 0.15) is 25.6 Å². The molecule has 2 N–H and O–H groups in total. The summed E-state index contributed by atoms with van der Waals surface area (Å²) in [6, 6.07) is 0. The number of aromatic hydroxyl groups is 1. The van der Waals surface area contributed by atoms with Crippen LogP contribution in [0.25, 0.3) is 0 Å². The summed E-state index contributed by atoms with van der Waals surface area (Å²) in [7, 11) is 0. The average Bonchev–Trinajstić information content (AvgIpc) is 1.99. The molecule has 0 saturated heterocycles. The van der Waals surface area contributed by atoms with E-state index in [1.807, 2.05) is 13.8 Å². The largest absolute Gasteiger partial charge is 0.492 e. The Bertz CT molecular complexity index is 346. The predicted molar refractivity (Wildman–Crippen MR) is 53.3 cm³/mol. The number of H-pyrrole nitrogens is 1. The highest BCUT2D eigenvalue weighted by molar-refractivity contribution is 14.1. The van der Waals surface area contributed by atoms with Crippen LogP contribution in [0.15, 0.2) is 4.79 Å². The number of hydrogen-bond acceptors (Lipinski definition) is 3. The normalized spacial score (nSPS) is 10.7. The molecule has 1 heterocycles. The van der Waals surface area contributed by atoms with Gasteiger partial charge in [-0.1, -0.05) is 13.8 Å². The van der Waals surface area contributed by atoms with Gasteiger partial charge in [0.05, 0.1) is 0 Å². The molecule has 0 saturated carbocycles. The minimum atomic E-state index is -0.285. The molecule has 4 nitrogen and oxygen atoms in total. The second-order valence-corrected chi connectivity index (χ2v) is 3.82. The zero-order chi connectivity index (χ0) is 9.30. The van der Waals surface area contributed by atoms with Crippen LogP contribution in [-0.4, -0.2) is 15.1 Å². The molecule has 0 amide bonds. The van der Waals surface area contributed by atoms with Gasteiger partial charge < -0.3 is 10.1 Å². The fourth-order valence-corrected chi connectivity index (χ4v) is 0.993. The van der Waals surface area contributed by atoms with Crippen molar-refractivity contribution in [2.24, 2.45) is 0 Å². The maximum absolute atomic E-state index is 11.1. The lowest BCUT2D eigenvalue weighted by atomic mass is 10.2. The van der Waals surface area contributed by atoms with Gasteiger partial charge in [0.25, 0.3) is 5.56 Å². The van der Waals surface area contributed by atoms with E-state index in [-0.39, 0.29) is 20.9 Å². The molecule has 1 aromatic rings. The Kier molecular flexibility index (Phi) is 2.71. The van der Waals surface area contributed by atoms with Crippen molar-refractivity contribution < 1.29 is 5.11 Å². The molecule has 0 radical (unpaired) electrons. The Labute approximate surface area is 83.2 Å². The minimum Gasteiger partial charge on any atom is -0.492 e. The maximum Gasteiger partial charge on any atom is 0.268 e. The van der Waals surface area contributed by atoms with Crippen molar-refractivity contribution in [1.29, 1.82) is 0 Å². The molecule has 12 heavy (non-hydrogen) atoms. The van der Waals surface area contributed by atoms with Crippen LogP contribution in [0.2, 0.25) is 0 Å². The monoisotopic (exact) mass is 280 g/mol. The average molecular weight is 280 g/mol. The van der Waals surface area contributed by atoms with Crippen molar-refractivity contribution in [2.75, 3.05) is 0 Å². The van der Waals surface area contributed by atoms with Gasteiger partial charge in [0.2, 0.25) is 5.88 Å². The first-order valence-corrected chi connectivity index (χ1v) is 4.59. The molecule has 0 atom stereocenters. The molecular weight excluding hydrogens is 271 g/mol. The van der Waals surface area contributed by atoms with Gasteiger partial charge in [0.1, 0.15) is 9.39 Å². The Balaban J connectivity index is 3.31. The standard InChI is InChI=1S/C7H9IN2O2/c1-3(2)5-9-6(11)4(8)7(12)10-5/h3H,1-2H3,(H2,9,10,11,12). The van der Waals surface area contributed by atoms with Crippen molar-refractivity contribution in [2.45, 2.75) is 19.8 Å². The van der Waals surface area contributed by atoms with Gasteiger partial charge in [-0.05, 0) is 22.6 Å². The number of aromatic amines is 1. The van der Waals surface area contributed by atoms with Gasteiger partial charge in [-0.15, -0.1) is 0 Å². The first kappa shape index (κ1) is 9.50. The van der Waals surface area contributed by atoms with E-state index >= 15 is 0 Å². The SMILES string of the molecule is CC(C)c1nc(O)c(I)c(=O)[nH]1. The summed E-state index contributed by atoms with van der Waals surface area (Å²) in [6.07, 6.45) is 0. The van der Waals surface area contributed by atoms with Gasteiger partial charge in [-0.3, -0.25) is 4.79 Å². The van der Waals surface area contributed by atoms with Crippen LogP contribution >= 0.6 is 22.6 Å². The van der Waals surface area contributed by atoms with Gasteiger partial charge in [0.15, 0.2) is 0 Å². The molecule has 66 valence electrons. The van der Waals surface area contributed by atoms with E-state index in [1.165, 1.54) is 0 Å². The van der Waals surface area contributed by atoms with Crippen LogP contribution in [0.4, 0.5) is 0 Å². The Morgan fingerprint density at radius 3 is 2.58 bits per heavy atom. The van der Waals surface area contributed by atoms with Crippen LogP contribution in [0, 0.1) is 3.57 Å². The van der Waals surface area contributed by atoms with Gasteiger partial charge in [-0.2, -0.15) is 4.98 Å². The molecule has 1 rings (SSSR count). The predicted octanol–water partition coefficient (Wildman–Crippen LogP) is 1.20. The van der Waals surface area contributed by atoms with Crippen molar-refractivity contribution in [3.05, 3.63) is 19.7 Å². The highest BCUT2D eigenvalue weighted by atomic mass is 127. The summed E-state index contributed by atoms with van der Waals surface area (Å²) in [5.41, 5.74) is -0.285. The van der Waals surface area contributed by atoms with Crippen molar-refractivity contribution in [3.8, 4) is 5.88 Å². The second kappa shape index (κ2) is 3.42. The Morgan fingerprint density at radius 2 is 2.17 bits per heavy atom. The van der Waals surface area contributed by atoms with Crippen LogP contribution < -0.4 is 5.56 Å². The lowest BCUT2D eigenvalue weighted by molar-refractivity contribution is 0.441. The Hall–Kier alpha value is -0.590. The molecule has 0 aromatic carbocycles. The third-order valence-electron chi connectivity index (χ3n) is 1.41. The van der Waals surface area contributed by atoms with E-state index in [1.54, 1.807) is 22.6 Å². The molecule has 0 aliphatic heterocycles. The maximum atomic E-state index is 11.1. The van der Waals surface area contributed by atoms with E-state index < -0.39 is 0 Å². The number of nitrogens with one attached hydrogen (secondary N) is 1. The molecule has 0 fully saturated rings. The van der Waals surface area contributed by atoms with Crippen molar-refractivity contribution >= 4 is 22.6 Å². The second-order valence-electron chi connectivity index (χ2n) is 2.74. The van der Waals surface area contributed by atoms with Gasteiger partial charge >= 0.3 is 0 Å². The first-order valence-electron chi connectivity index (χ1n) is 3.51. The smallest absolute Gasteiger partial charge is 0.268 e. The highest BCUT2D eigenvalue weighted by Gasteiger charge is 2.08. The summed E-state index contributed by atoms with van der Waals surface area (Å²) in [4.78, 5) is 17.5. The topological polar surface area (TPSA) is 66.0 Å². The lowest BCUT2D eigenvalue weighted by Crippen LogP contribution is -2.15. The van der Waals surface area contributed by atoms with Crippen LogP contribution in [0.5, 0.6) is 5.88 Å². The Morgan fingerprint density at radius 1 is 1.58 bits per heavy atom. The van der Waals surface area contributed by atoms with Crippen LogP contribution in [0.3, 0.4) is 0 Å². The summed E-state index contributed by atoms with van der Waals surface area (Å²) in [5.74, 6) is 0.432. The quantitative estimate of drug-likeness (QED) is 0.760. The van der Waals surface area contributed by atoms with E-state index in [9.17, 15) is 9.90 Å². The number of nitrogens with zero attached hydrogens (tertiary/aromatic N) is 1. The summed E-state index contributed by atoms with van der Waals surface area (Å²) >= 11 is 1.75. The van der Waals surface area contributed by atoms with Gasteiger partial charge in [0, 0.05) is 5.92 Å². The number of rotatable bonds is 1. The molecule has 0 bridgehead atoms. The first-order chi connectivity index (χ1) is 5.52. The van der Waals surface area contributed by atoms with E-state index in [0.717, 1.165) is 0 Å². The van der Waals surface area contributed by atoms with Crippen molar-refractivity contribution in [1.82, 2.24) is 9.97 Å². The molecule has 1 aromatic heterocycles. The highest BCUT2D eigenvalue weighted by Crippen LogP contribution is 2.14. The molecule has 0 aliphatic rings. The van der Waals surface area contributed by atoms with E-state index in [4.69, 9.17) is 0 Å². The summed E-state index contributed by atoms with van der Waals surface area (Å²) < 4.78 is 0.233. The molecule has 0 aliphatic carbocycles. The third kappa shape index (κ3) is 1.77. The van der Waals surface area contributed by atoms with E-state index in [2.05, 4.69) is 9.97 Å². The summed E-state index contributed by atoms with van der Waals surface area (Å²) in [6.45, 7) is 3.79. The van der Waals surface area contributed by atoms with Crippen LogP contribution in [-0.2, 0) is 0 Å². The fourth-order valence-electron chi connectivity index (χ4n) is 0.737. The third-order valence-corrected chi connectivity index (χ3v) is 2.38. The number of aromatic nitrogens is 2. The summed E-state index contributed by atoms with van der Waals surface area (Å²) in [5, 5.41) is 9.19. The molecular formula is C7H9IN2O2. The van der Waals surface area contributed by atoms with Gasteiger partial charge in [-0.25, -0.2) is 0 Å². The lowest BCUT2D eigenvalue weighted by Gasteiger charge is -2.04. The van der Waals surface area contributed by atoms with Crippen molar-refractivity contribution in [3.63, 3.8) is 0 Å². The molecule has 0 spiro atoms. The fraction of sp³-hybridized carbons (Fsp3) is 0.429. The molecule has 5 heteroatoms. The molecule has 0 unspecified atom stereocenters. The number of halogens is 1. The minimum absolute atomic E-state index is 0.112. The number of hydrogen-bond donors (Lipinski definition) is 2. The zero-order valence-corrected chi connectivity index (χ0v) is 8.92. The van der Waals surface area contributed by atoms with E-state index in [0.29, 0.717) is 5.82 Å². The zero-order valence-electron chi connectivity index (χ0n) is 6.76.